The molecule has 28 heavy (non-hydrogen) atoms. The highest BCUT2D eigenvalue weighted by molar-refractivity contribution is 7.80. The van der Waals surface area contributed by atoms with Crippen molar-refractivity contribution in [2.45, 2.75) is 6.42 Å². The van der Waals surface area contributed by atoms with E-state index in [4.69, 9.17) is 12.2 Å². The van der Waals surface area contributed by atoms with Gasteiger partial charge >= 0.3 is 0 Å². The molecule has 2 amide bonds. The Morgan fingerprint density at radius 2 is 1.57 bits per heavy atom. The number of rotatable bonds is 5. The average molecular weight is 409 g/mol. The van der Waals surface area contributed by atoms with Gasteiger partial charge in [-0.15, -0.1) is 10.2 Å². The van der Waals surface area contributed by atoms with Gasteiger partial charge in [0, 0.05) is 18.7 Å². The minimum absolute atomic E-state index is 0.258. The van der Waals surface area contributed by atoms with Crippen LogP contribution in [-0.4, -0.2) is 38.6 Å². The van der Waals surface area contributed by atoms with Crippen molar-refractivity contribution in [3.8, 4) is 0 Å². The highest BCUT2D eigenvalue weighted by Crippen LogP contribution is 2.23. The molecule has 1 aliphatic rings. The number of anilines is 2. The predicted octanol–water partition coefficient (Wildman–Crippen LogP) is 3.19. The molecule has 0 aliphatic carbocycles. The lowest BCUT2D eigenvalue weighted by atomic mass is 10.1. The maximum absolute atomic E-state index is 12.4. The number of thiocarbonyl (C=S) groups is 1. The lowest BCUT2D eigenvalue weighted by Crippen LogP contribution is -2.31. The van der Waals surface area contributed by atoms with Crippen LogP contribution < -0.4 is 10.6 Å². The Hall–Kier alpha value is -3.17. The van der Waals surface area contributed by atoms with E-state index in [0.717, 1.165) is 5.69 Å². The molecular weight excluding hydrogens is 394 g/mol. The number of fused-ring (bicyclic) bond motifs is 1. The Morgan fingerprint density at radius 1 is 0.929 bits per heavy atom. The van der Waals surface area contributed by atoms with E-state index in [0.29, 0.717) is 32.8 Å². The normalized spacial score (nSPS) is 12.8. The molecule has 0 bridgehead atoms. The molecular formula is C19H15N5O2S2. The number of hydrogen-bond acceptors (Lipinski definition) is 6. The number of carbonyl (C=O) groups excluding carboxylic acids is 2. The molecule has 9 heteroatoms. The molecule has 0 saturated carbocycles. The highest BCUT2D eigenvalue weighted by atomic mass is 32.1. The van der Waals surface area contributed by atoms with E-state index >= 15 is 0 Å². The Kier molecular flexibility index (Phi) is 5.09. The van der Waals surface area contributed by atoms with Gasteiger partial charge in [0.05, 0.1) is 11.1 Å². The van der Waals surface area contributed by atoms with Gasteiger partial charge in [0.2, 0.25) is 5.13 Å². The van der Waals surface area contributed by atoms with E-state index in [9.17, 15) is 9.59 Å². The Morgan fingerprint density at radius 3 is 2.25 bits per heavy atom. The molecule has 7 nitrogen and oxygen atoms in total. The van der Waals surface area contributed by atoms with Crippen LogP contribution in [0, 0.1) is 0 Å². The molecule has 2 heterocycles. The predicted molar refractivity (Wildman–Crippen MR) is 112 cm³/mol. The molecule has 0 atom stereocenters. The van der Waals surface area contributed by atoms with E-state index < -0.39 is 0 Å². The first kappa shape index (κ1) is 18.2. The van der Waals surface area contributed by atoms with Gasteiger partial charge in [-0.3, -0.25) is 14.5 Å². The Labute approximate surface area is 170 Å². The molecule has 0 radical (unpaired) electrons. The summed E-state index contributed by atoms with van der Waals surface area (Å²) in [6.45, 7) is 0.258. The molecule has 0 saturated heterocycles. The van der Waals surface area contributed by atoms with E-state index in [1.807, 2.05) is 30.3 Å². The van der Waals surface area contributed by atoms with Gasteiger partial charge < -0.3 is 10.6 Å². The SMILES string of the molecule is O=C1c2ccccc2C(=O)N1CCc1nnc(NC(=S)Nc2ccccc2)s1. The van der Waals surface area contributed by atoms with Crippen LogP contribution in [0.3, 0.4) is 0 Å². The van der Waals surface area contributed by atoms with Gasteiger partial charge in [0.1, 0.15) is 5.01 Å². The minimum Gasteiger partial charge on any atom is -0.332 e. The maximum Gasteiger partial charge on any atom is 0.261 e. The van der Waals surface area contributed by atoms with Gasteiger partial charge in [-0.05, 0) is 36.5 Å². The molecule has 1 aliphatic heterocycles. The smallest absolute Gasteiger partial charge is 0.261 e. The van der Waals surface area contributed by atoms with Crippen molar-refractivity contribution in [1.29, 1.82) is 0 Å². The third-order valence-corrected chi connectivity index (χ3v) is 5.25. The Balaban J connectivity index is 1.34. The maximum atomic E-state index is 12.4. The van der Waals surface area contributed by atoms with Crippen LogP contribution in [0.1, 0.15) is 25.7 Å². The van der Waals surface area contributed by atoms with E-state index in [-0.39, 0.29) is 18.4 Å². The first-order valence-corrected chi connectivity index (χ1v) is 9.75. The summed E-state index contributed by atoms with van der Waals surface area (Å²) in [5.74, 6) is -0.534. The second kappa shape index (κ2) is 7.83. The van der Waals surface area contributed by atoms with Crippen LogP contribution in [0.15, 0.2) is 54.6 Å². The zero-order valence-corrected chi connectivity index (χ0v) is 16.2. The van der Waals surface area contributed by atoms with Crippen LogP contribution in [0.4, 0.5) is 10.8 Å². The number of nitrogens with zero attached hydrogens (tertiary/aromatic N) is 3. The number of benzene rings is 2. The van der Waals surface area contributed by atoms with Crippen LogP contribution in [0.25, 0.3) is 0 Å². The fourth-order valence-corrected chi connectivity index (χ4v) is 3.85. The number of nitrogens with one attached hydrogen (secondary N) is 2. The molecule has 140 valence electrons. The number of carbonyl (C=O) groups is 2. The van der Waals surface area contributed by atoms with E-state index in [1.165, 1.54) is 16.2 Å². The zero-order valence-electron chi connectivity index (χ0n) is 14.6. The molecule has 2 aromatic carbocycles. The van der Waals surface area contributed by atoms with Crippen LogP contribution in [0.2, 0.25) is 0 Å². The van der Waals surface area contributed by atoms with Crippen LogP contribution in [-0.2, 0) is 6.42 Å². The van der Waals surface area contributed by atoms with Gasteiger partial charge in [0.25, 0.3) is 11.8 Å². The second-order valence-corrected chi connectivity index (χ2v) is 7.47. The topological polar surface area (TPSA) is 87.2 Å². The monoisotopic (exact) mass is 409 g/mol. The number of aromatic nitrogens is 2. The molecule has 0 fully saturated rings. The van der Waals surface area contributed by atoms with Gasteiger partial charge in [0.15, 0.2) is 5.11 Å². The van der Waals surface area contributed by atoms with Crippen LogP contribution >= 0.6 is 23.6 Å². The summed E-state index contributed by atoms with van der Waals surface area (Å²) < 4.78 is 0. The Bertz CT molecular complexity index is 1020. The average Bonchev–Trinajstić information content (AvgIpc) is 3.24. The van der Waals surface area contributed by atoms with E-state index in [2.05, 4.69) is 20.8 Å². The summed E-state index contributed by atoms with van der Waals surface area (Å²) >= 11 is 6.60. The third kappa shape index (κ3) is 3.75. The third-order valence-electron chi connectivity index (χ3n) is 4.15. The van der Waals surface area contributed by atoms with Crippen molar-refractivity contribution in [2.24, 2.45) is 0 Å². The van der Waals surface area contributed by atoms with Gasteiger partial charge in [-0.2, -0.15) is 0 Å². The van der Waals surface area contributed by atoms with Crippen molar-refractivity contribution in [3.05, 3.63) is 70.7 Å². The summed E-state index contributed by atoms with van der Waals surface area (Å²) in [5, 5.41) is 15.9. The molecule has 2 N–H and O–H groups in total. The first-order chi connectivity index (χ1) is 13.6. The second-order valence-electron chi connectivity index (χ2n) is 6.00. The number of imide groups is 1. The van der Waals surface area contributed by atoms with Crippen LogP contribution in [0.5, 0.6) is 0 Å². The molecule has 4 rings (SSSR count). The highest BCUT2D eigenvalue weighted by Gasteiger charge is 2.34. The zero-order chi connectivity index (χ0) is 19.5. The lowest BCUT2D eigenvalue weighted by Gasteiger charge is -2.12. The lowest BCUT2D eigenvalue weighted by molar-refractivity contribution is 0.0656. The fourth-order valence-electron chi connectivity index (χ4n) is 2.84. The van der Waals surface area contributed by atoms with Gasteiger partial charge in [-0.25, -0.2) is 0 Å². The van der Waals surface area contributed by atoms with Crippen molar-refractivity contribution >= 4 is 51.3 Å². The minimum atomic E-state index is -0.267. The van der Waals surface area contributed by atoms with Crippen molar-refractivity contribution in [3.63, 3.8) is 0 Å². The quantitative estimate of drug-likeness (QED) is 0.494. The number of amides is 2. The molecule has 3 aromatic rings. The summed E-state index contributed by atoms with van der Waals surface area (Å²) in [5.41, 5.74) is 1.77. The summed E-state index contributed by atoms with van der Waals surface area (Å²) in [6.07, 6.45) is 0.434. The summed E-state index contributed by atoms with van der Waals surface area (Å²) in [7, 11) is 0. The first-order valence-electron chi connectivity index (χ1n) is 8.52. The van der Waals surface area contributed by atoms with Crippen molar-refractivity contribution < 1.29 is 9.59 Å². The standard InChI is InChI=1S/C19H15N5O2S2/c25-16-13-8-4-5-9-14(13)17(26)24(16)11-10-15-22-23-19(28-15)21-18(27)20-12-6-2-1-3-7-12/h1-9H,10-11H2,(H2,20,21,23,27). The summed E-state index contributed by atoms with van der Waals surface area (Å²) in [4.78, 5) is 26.0. The fraction of sp³-hybridized carbons (Fsp3) is 0.105. The molecule has 0 unspecified atom stereocenters. The van der Waals surface area contributed by atoms with Crippen molar-refractivity contribution in [1.82, 2.24) is 15.1 Å². The van der Waals surface area contributed by atoms with Crippen molar-refractivity contribution in [2.75, 3.05) is 17.2 Å². The van der Waals surface area contributed by atoms with E-state index in [1.54, 1.807) is 24.3 Å². The summed E-state index contributed by atoms with van der Waals surface area (Å²) in [6, 6.07) is 16.4. The van der Waals surface area contributed by atoms with Gasteiger partial charge in [-0.1, -0.05) is 41.7 Å². The number of para-hydroxylation sites is 1. The largest absolute Gasteiger partial charge is 0.332 e. The number of hydrogen-bond donors (Lipinski definition) is 2. The molecule has 0 spiro atoms. The molecule has 1 aromatic heterocycles.